The van der Waals surface area contributed by atoms with E-state index in [0.29, 0.717) is 16.4 Å². The van der Waals surface area contributed by atoms with E-state index >= 15 is 0 Å². The van der Waals surface area contributed by atoms with Crippen molar-refractivity contribution in [3.63, 3.8) is 0 Å². The third kappa shape index (κ3) is 10.1. The summed E-state index contributed by atoms with van der Waals surface area (Å²) in [5, 5.41) is 3.63. The molecule has 12 bridgehead atoms. The molecule has 10 unspecified atom stereocenters. The van der Waals surface area contributed by atoms with Crippen molar-refractivity contribution in [3.8, 4) is 0 Å². The summed E-state index contributed by atoms with van der Waals surface area (Å²) >= 11 is 0. The largest absolute Gasteiger partial charge is 0.314 e. The highest BCUT2D eigenvalue weighted by Crippen LogP contribution is 2.61. The van der Waals surface area contributed by atoms with Crippen molar-refractivity contribution in [2.24, 2.45) is 75.9 Å². The van der Waals surface area contributed by atoms with Gasteiger partial charge in [0.2, 0.25) is 0 Å². The third-order valence-electron chi connectivity index (χ3n) is 19.2. The van der Waals surface area contributed by atoms with Gasteiger partial charge in [0, 0.05) is 56.9 Å². The highest BCUT2D eigenvalue weighted by Gasteiger charge is 2.55. The Morgan fingerprint density at radius 3 is 1.18 bits per heavy atom. The Labute approximate surface area is 342 Å². The van der Waals surface area contributed by atoms with Crippen molar-refractivity contribution in [1.29, 1.82) is 0 Å². The van der Waals surface area contributed by atoms with Crippen molar-refractivity contribution < 1.29 is 0 Å². The third-order valence-corrected chi connectivity index (χ3v) is 19.2. The van der Waals surface area contributed by atoms with Gasteiger partial charge in [-0.15, -0.1) is 0 Å². The van der Waals surface area contributed by atoms with Crippen LogP contribution in [0.1, 0.15) is 151 Å². The van der Waals surface area contributed by atoms with Gasteiger partial charge in [0.25, 0.3) is 0 Å². The van der Waals surface area contributed by atoms with Crippen molar-refractivity contribution in [2.75, 3.05) is 74.5 Å². The molecule has 12 aliphatic rings. The maximum absolute atomic E-state index is 3.63. The molecule has 5 heteroatoms. The Morgan fingerprint density at radius 1 is 0.473 bits per heavy atom. The zero-order valence-electron chi connectivity index (χ0n) is 38.6. The summed E-state index contributed by atoms with van der Waals surface area (Å²) in [4.78, 5) is 10.1. The Kier molecular flexibility index (Phi) is 13.6. The van der Waals surface area contributed by atoms with Gasteiger partial charge in [0.1, 0.15) is 0 Å². The molecule has 0 aromatic rings. The van der Waals surface area contributed by atoms with E-state index in [1.165, 1.54) is 142 Å². The quantitative estimate of drug-likeness (QED) is 0.287. The first-order valence-corrected chi connectivity index (χ1v) is 24.5. The van der Waals surface area contributed by atoms with Crippen molar-refractivity contribution in [2.45, 2.75) is 168 Å². The monoisotopic (exact) mass is 764 g/mol. The zero-order chi connectivity index (χ0) is 39.3. The van der Waals surface area contributed by atoms with Gasteiger partial charge in [0.05, 0.1) is 0 Å². The number of nitrogens with one attached hydrogen (secondary N) is 1. The average molecular weight is 764 g/mol. The summed E-state index contributed by atoms with van der Waals surface area (Å²) in [6.07, 6.45) is 25.2. The molecule has 5 heterocycles. The molecule has 7 aliphatic carbocycles. The Morgan fingerprint density at radius 2 is 0.836 bits per heavy atom. The van der Waals surface area contributed by atoms with E-state index in [1.807, 2.05) is 0 Å². The van der Waals surface area contributed by atoms with Crippen LogP contribution in [0.3, 0.4) is 0 Å². The smallest absolute Gasteiger partial charge is 0.0189 e. The Hall–Kier alpha value is -0.200. The lowest BCUT2D eigenvalue weighted by atomic mass is 9.47. The van der Waals surface area contributed by atoms with Crippen LogP contribution in [0, 0.1) is 75.9 Å². The van der Waals surface area contributed by atoms with Crippen molar-refractivity contribution >= 4 is 0 Å². The molecule has 5 aliphatic heterocycles. The SMILES string of the molecule is CC1C2CCC1CN(C)C2.CC1C2CCC1CN(C)C2.CC1C2CCCC1CN(C)C2.CN1C2CCC1CC(C)(C)C2.CNC12CC3CC(CC(C)(C3)C1)C2. The van der Waals surface area contributed by atoms with E-state index in [0.717, 1.165) is 77.2 Å². The standard InChI is InChI=1S/C12H21N.2C10H19N.2C9H17N/c1-11-4-9-3-10(5-11)7-12(6-9,8-11)13-2;1-10(2)6-8-4-5-9(7-10)11(8)3;1-8-9-4-3-5-10(8)7-11(2)6-9;2*1-7-8-3-4-9(7)6-10(2)5-8/h9-10,13H,3-8H2,1-2H3;8-9H,4-7H2,1-3H3;8-10H,3-7H2,1-2H3;2*7-9H,3-6H2,1-2H3. The zero-order valence-corrected chi connectivity index (χ0v) is 38.6. The minimum absolute atomic E-state index is 0.554. The molecular weight excluding hydrogens is 671 g/mol. The molecule has 7 saturated carbocycles. The predicted octanol–water partition coefficient (Wildman–Crippen LogP) is 10.0. The van der Waals surface area contributed by atoms with Gasteiger partial charge in [-0.25, -0.2) is 0 Å². The number of fused-ring (bicyclic) bond motifs is 8. The molecule has 0 radical (unpaired) electrons. The van der Waals surface area contributed by atoms with Crippen LogP contribution in [0.4, 0.5) is 0 Å². The van der Waals surface area contributed by atoms with E-state index in [4.69, 9.17) is 0 Å². The first-order chi connectivity index (χ1) is 26.0. The summed E-state index contributed by atoms with van der Waals surface area (Å²) in [6, 6.07) is 1.81. The highest BCUT2D eigenvalue weighted by molar-refractivity contribution is 5.10. The Balaban J connectivity index is 0.000000106. The molecule has 10 atom stereocenters. The van der Waals surface area contributed by atoms with Gasteiger partial charge in [0.15, 0.2) is 0 Å². The molecule has 0 aromatic carbocycles. The van der Waals surface area contributed by atoms with Crippen LogP contribution in [0.5, 0.6) is 0 Å². The van der Waals surface area contributed by atoms with Gasteiger partial charge < -0.3 is 24.9 Å². The summed E-state index contributed by atoms with van der Waals surface area (Å²) in [5.74, 6) is 11.3. The van der Waals surface area contributed by atoms with E-state index in [1.54, 1.807) is 6.42 Å². The highest BCUT2D eigenvalue weighted by atomic mass is 15.2. The lowest BCUT2D eigenvalue weighted by Gasteiger charge is -2.61. The van der Waals surface area contributed by atoms with Gasteiger partial charge >= 0.3 is 0 Å². The minimum Gasteiger partial charge on any atom is -0.314 e. The predicted molar refractivity (Wildman–Crippen MR) is 235 cm³/mol. The lowest BCUT2D eigenvalue weighted by Crippen LogP contribution is -2.60. The van der Waals surface area contributed by atoms with E-state index in [9.17, 15) is 0 Å². The van der Waals surface area contributed by atoms with Crippen LogP contribution in [0.25, 0.3) is 0 Å². The van der Waals surface area contributed by atoms with E-state index in [2.05, 4.69) is 102 Å². The van der Waals surface area contributed by atoms with Crippen molar-refractivity contribution in [3.05, 3.63) is 0 Å². The minimum atomic E-state index is 0.554. The maximum atomic E-state index is 3.63. The molecule has 0 amide bonds. The average Bonchev–Trinajstić information content (AvgIpc) is 3.53. The number of piperidine rings is 4. The van der Waals surface area contributed by atoms with Crippen molar-refractivity contribution in [1.82, 2.24) is 24.9 Å². The maximum Gasteiger partial charge on any atom is 0.0189 e. The molecule has 0 spiro atoms. The van der Waals surface area contributed by atoms with Gasteiger partial charge in [-0.1, -0.05) is 48.0 Å². The molecule has 5 nitrogen and oxygen atoms in total. The fraction of sp³-hybridized carbons (Fsp3) is 1.00. The lowest BCUT2D eigenvalue weighted by molar-refractivity contribution is -0.0691. The molecular formula is C50H93N5. The van der Waals surface area contributed by atoms with Crippen LogP contribution in [0.15, 0.2) is 0 Å². The second-order valence-electron chi connectivity index (χ2n) is 24.3. The number of hydrogen-bond donors (Lipinski definition) is 1. The number of hydrogen-bond acceptors (Lipinski definition) is 5. The van der Waals surface area contributed by atoms with Crippen LogP contribution < -0.4 is 5.32 Å². The first kappa shape index (κ1) is 42.9. The second-order valence-corrected chi connectivity index (χ2v) is 24.3. The molecule has 12 fully saturated rings. The van der Waals surface area contributed by atoms with Gasteiger partial charge in [-0.05, 0) is 214 Å². The second kappa shape index (κ2) is 17.4. The fourth-order valence-electron chi connectivity index (χ4n) is 16.4. The van der Waals surface area contributed by atoms with Crippen LogP contribution in [0.2, 0.25) is 0 Å². The molecule has 318 valence electrons. The van der Waals surface area contributed by atoms with E-state index < -0.39 is 0 Å². The van der Waals surface area contributed by atoms with Gasteiger partial charge in [-0.3, -0.25) is 0 Å². The molecule has 55 heavy (non-hydrogen) atoms. The van der Waals surface area contributed by atoms with E-state index in [-0.39, 0.29) is 0 Å². The van der Waals surface area contributed by atoms with Crippen LogP contribution in [-0.2, 0) is 0 Å². The van der Waals surface area contributed by atoms with Crippen LogP contribution in [-0.4, -0.2) is 112 Å². The van der Waals surface area contributed by atoms with Crippen LogP contribution >= 0.6 is 0 Å². The summed E-state index contributed by atoms with van der Waals surface area (Å²) in [5.41, 5.74) is 1.88. The molecule has 1 N–H and O–H groups in total. The number of likely N-dealkylation sites (tertiary alicyclic amines) is 3. The Bertz CT molecular complexity index is 1130. The van der Waals surface area contributed by atoms with Gasteiger partial charge in [-0.2, -0.15) is 0 Å². The normalized spacial score (nSPS) is 49.0. The number of rotatable bonds is 1. The summed E-state index contributed by atoms with van der Waals surface area (Å²) in [7, 11) is 11.3. The number of nitrogens with zero attached hydrogens (tertiary/aromatic N) is 4. The topological polar surface area (TPSA) is 25.0 Å². The first-order valence-electron chi connectivity index (χ1n) is 24.5. The molecule has 5 saturated heterocycles. The fourth-order valence-corrected chi connectivity index (χ4v) is 16.4. The summed E-state index contributed by atoms with van der Waals surface area (Å²) in [6.45, 7) is 22.9. The molecule has 12 rings (SSSR count). The summed E-state index contributed by atoms with van der Waals surface area (Å²) < 4.78 is 0. The molecule has 0 aromatic heterocycles.